The molecular formula is C32H45NO4. The maximum Gasteiger partial charge on any atom is 0.308 e. The second-order valence-corrected chi connectivity index (χ2v) is 12.5. The van der Waals surface area contributed by atoms with Gasteiger partial charge in [-0.2, -0.15) is 0 Å². The minimum absolute atomic E-state index is 0.0276. The number of nitrogens with zero attached hydrogens (tertiary/aromatic N) is 1. The van der Waals surface area contributed by atoms with Gasteiger partial charge in [0.25, 0.3) is 0 Å². The maximum absolute atomic E-state index is 13.3. The van der Waals surface area contributed by atoms with Gasteiger partial charge >= 0.3 is 5.97 Å². The fourth-order valence-electron chi connectivity index (χ4n) is 6.98. The molecule has 5 heteroatoms. The first-order chi connectivity index (χ1) is 17.5. The van der Waals surface area contributed by atoms with Crippen LogP contribution in [-0.2, 0) is 20.8 Å². The van der Waals surface area contributed by atoms with E-state index in [4.69, 9.17) is 14.2 Å². The number of carbonyl (C=O) groups excluding carboxylic acids is 1. The zero-order chi connectivity index (χ0) is 26.8. The van der Waals surface area contributed by atoms with Crippen LogP contribution in [0, 0.1) is 16.7 Å². The van der Waals surface area contributed by atoms with E-state index in [1.165, 1.54) is 12.0 Å². The number of benzene rings is 2. The van der Waals surface area contributed by atoms with Crippen LogP contribution in [0.2, 0.25) is 0 Å². The van der Waals surface area contributed by atoms with Crippen molar-refractivity contribution in [1.82, 2.24) is 4.90 Å². The van der Waals surface area contributed by atoms with E-state index in [1.807, 2.05) is 40.0 Å². The first kappa shape index (κ1) is 27.7. The van der Waals surface area contributed by atoms with Crippen LogP contribution in [0.5, 0.6) is 5.75 Å². The number of hydrogen-bond donors (Lipinski definition) is 0. The molecule has 2 aromatic carbocycles. The van der Waals surface area contributed by atoms with Gasteiger partial charge in [-0.3, -0.25) is 9.69 Å². The molecule has 0 aromatic heterocycles. The van der Waals surface area contributed by atoms with Crippen molar-refractivity contribution in [3.8, 4) is 5.75 Å². The Morgan fingerprint density at radius 1 is 1.05 bits per heavy atom. The van der Waals surface area contributed by atoms with Gasteiger partial charge in [-0.1, -0.05) is 56.3 Å². The summed E-state index contributed by atoms with van der Waals surface area (Å²) in [6, 6.07) is 18.6. The summed E-state index contributed by atoms with van der Waals surface area (Å²) < 4.78 is 17.4. The third-order valence-corrected chi connectivity index (χ3v) is 9.08. The Labute approximate surface area is 223 Å². The maximum atomic E-state index is 13.3. The molecule has 2 aliphatic rings. The fraction of sp³-hybridized carbons (Fsp3) is 0.594. The predicted molar refractivity (Wildman–Crippen MR) is 147 cm³/mol. The minimum atomic E-state index is -0.530. The lowest BCUT2D eigenvalue weighted by atomic mass is 9.67. The zero-order valence-corrected chi connectivity index (χ0v) is 23.8. The molecule has 2 fully saturated rings. The lowest BCUT2D eigenvalue weighted by molar-refractivity contribution is -0.157. The molecule has 37 heavy (non-hydrogen) atoms. The van der Waals surface area contributed by atoms with E-state index in [2.05, 4.69) is 61.2 Å². The van der Waals surface area contributed by atoms with Crippen LogP contribution in [0.4, 0.5) is 0 Å². The molecule has 0 spiro atoms. The first-order valence-corrected chi connectivity index (χ1v) is 13.7. The molecule has 2 aromatic rings. The highest BCUT2D eigenvalue weighted by atomic mass is 16.6. The molecule has 0 N–H and O–H groups in total. The lowest BCUT2D eigenvalue weighted by Crippen LogP contribution is -2.49. The Kier molecular flexibility index (Phi) is 8.06. The van der Waals surface area contributed by atoms with E-state index >= 15 is 0 Å². The van der Waals surface area contributed by atoms with Gasteiger partial charge in [-0.05, 0) is 74.6 Å². The fourth-order valence-corrected chi connectivity index (χ4v) is 6.98. The average molecular weight is 508 g/mol. The molecule has 0 amide bonds. The van der Waals surface area contributed by atoms with Crippen LogP contribution in [0.15, 0.2) is 54.6 Å². The van der Waals surface area contributed by atoms with Gasteiger partial charge < -0.3 is 14.2 Å². The Bertz CT molecular complexity index is 1040. The Morgan fingerprint density at radius 2 is 1.73 bits per heavy atom. The van der Waals surface area contributed by atoms with Crippen molar-refractivity contribution in [2.75, 3.05) is 20.8 Å². The van der Waals surface area contributed by atoms with Gasteiger partial charge in [0.1, 0.15) is 11.4 Å². The molecule has 0 heterocycles. The Balaban J connectivity index is 1.75. The minimum Gasteiger partial charge on any atom is -0.497 e. The second kappa shape index (κ2) is 10.8. The third kappa shape index (κ3) is 5.73. The number of fused-ring (bicyclic) bond motifs is 2. The Morgan fingerprint density at radius 3 is 2.30 bits per heavy atom. The summed E-state index contributed by atoms with van der Waals surface area (Å²) in [4.78, 5) is 15.8. The smallest absolute Gasteiger partial charge is 0.308 e. The summed E-state index contributed by atoms with van der Waals surface area (Å²) in [5.41, 5.74) is 2.00. The topological polar surface area (TPSA) is 48.0 Å². The summed E-state index contributed by atoms with van der Waals surface area (Å²) in [5, 5.41) is 0. The number of carbonyl (C=O) groups is 1. The molecule has 5 nitrogen and oxygen atoms in total. The summed E-state index contributed by atoms with van der Waals surface area (Å²) in [6.45, 7) is 12.3. The third-order valence-electron chi connectivity index (χ3n) is 9.08. The van der Waals surface area contributed by atoms with Gasteiger partial charge in [0.05, 0.1) is 19.6 Å². The highest BCUT2D eigenvalue weighted by Crippen LogP contribution is 2.67. The quantitative estimate of drug-likeness (QED) is 0.331. The van der Waals surface area contributed by atoms with Crippen molar-refractivity contribution in [1.29, 1.82) is 0 Å². The van der Waals surface area contributed by atoms with Crippen LogP contribution in [0.25, 0.3) is 0 Å². The zero-order valence-electron chi connectivity index (χ0n) is 23.8. The molecule has 2 aliphatic carbocycles. The van der Waals surface area contributed by atoms with Crippen LogP contribution in [0.1, 0.15) is 77.5 Å². The lowest BCUT2D eigenvalue weighted by Gasteiger charge is -2.47. The second-order valence-electron chi connectivity index (χ2n) is 12.5. The largest absolute Gasteiger partial charge is 0.497 e. The predicted octanol–water partition coefficient (Wildman–Crippen LogP) is 6.81. The summed E-state index contributed by atoms with van der Waals surface area (Å²) in [7, 11) is 3.55. The summed E-state index contributed by atoms with van der Waals surface area (Å²) >= 11 is 0. The van der Waals surface area contributed by atoms with Crippen LogP contribution in [0.3, 0.4) is 0 Å². The van der Waals surface area contributed by atoms with Crippen molar-refractivity contribution >= 4 is 5.97 Å². The molecule has 0 unspecified atom stereocenters. The number of rotatable bonds is 10. The molecule has 202 valence electrons. The average Bonchev–Trinajstić information content (AvgIpc) is 3.22. The molecule has 4 atom stereocenters. The van der Waals surface area contributed by atoms with Gasteiger partial charge in [0.15, 0.2) is 0 Å². The Hall–Kier alpha value is -2.37. The molecule has 0 saturated heterocycles. The van der Waals surface area contributed by atoms with Crippen LogP contribution < -0.4 is 4.74 Å². The normalized spacial score (nSPS) is 25.3. The number of methoxy groups -OCH3 is 2. The number of hydrogen-bond acceptors (Lipinski definition) is 5. The van der Waals surface area contributed by atoms with Crippen LogP contribution >= 0.6 is 0 Å². The van der Waals surface area contributed by atoms with Crippen molar-refractivity contribution in [3.05, 3.63) is 65.7 Å². The van der Waals surface area contributed by atoms with E-state index < -0.39 is 5.60 Å². The van der Waals surface area contributed by atoms with E-state index in [0.717, 1.165) is 37.2 Å². The SMILES string of the molecule is COc1ccc([C@@H](CC(=O)OC(C)(C)C)N(Cc2ccccc2)C[C@]23CC[C@H](C[C@H]2OC)C3(C)C)cc1. The van der Waals surface area contributed by atoms with Crippen LogP contribution in [-0.4, -0.2) is 43.3 Å². The van der Waals surface area contributed by atoms with Crippen molar-refractivity contribution in [3.63, 3.8) is 0 Å². The van der Waals surface area contributed by atoms with Gasteiger partial charge in [0, 0.05) is 31.7 Å². The van der Waals surface area contributed by atoms with Gasteiger partial charge in [-0.25, -0.2) is 0 Å². The summed E-state index contributed by atoms with van der Waals surface area (Å²) in [5.74, 6) is 1.30. The molecule has 0 radical (unpaired) electrons. The highest BCUT2D eigenvalue weighted by Gasteiger charge is 2.64. The van der Waals surface area contributed by atoms with Gasteiger partial charge in [0.2, 0.25) is 0 Å². The van der Waals surface area contributed by atoms with Crippen molar-refractivity contribution in [2.45, 2.75) is 84.6 Å². The summed E-state index contributed by atoms with van der Waals surface area (Å²) in [6.07, 6.45) is 4.01. The van der Waals surface area contributed by atoms with Crippen molar-refractivity contribution < 1.29 is 19.0 Å². The molecule has 4 rings (SSSR count). The van der Waals surface area contributed by atoms with E-state index in [9.17, 15) is 4.79 Å². The molecule has 0 aliphatic heterocycles. The number of esters is 1. The van der Waals surface area contributed by atoms with E-state index in [-0.39, 0.29) is 35.4 Å². The van der Waals surface area contributed by atoms with Crippen molar-refractivity contribution in [2.24, 2.45) is 16.7 Å². The standard InChI is InChI=1S/C32H45NO4/c1-30(2,3)37-29(34)20-27(24-13-15-26(35-6)16-14-24)33(21-23-11-9-8-10-12-23)22-32-18-17-25(31(32,4)5)19-28(32)36-7/h8-16,25,27-28H,17-22H2,1-7H3/t25-,27-,28-,32-/m1/s1. The van der Waals surface area contributed by atoms with E-state index in [1.54, 1.807) is 7.11 Å². The molecule has 2 bridgehead atoms. The first-order valence-electron chi connectivity index (χ1n) is 13.7. The molecule has 2 saturated carbocycles. The molecular weight excluding hydrogens is 462 g/mol. The number of ether oxygens (including phenoxy) is 3. The highest BCUT2D eigenvalue weighted by molar-refractivity contribution is 5.71. The van der Waals surface area contributed by atoms with E-state index in [0.29, 0.717) is 5.92 Å². The van der Waals surface area contributed by atoms with Gasteiger partial charge in [-0.15, -0.1) is 0 Å². The monoisotopic (exact) mass is 507 g/mol.